The second-order valence-corrected chi connectivity index (χ2v) is 4.00. The molecule has 0 saturated heterocycles. The Kier molecular flexibility index (Phi) is 3.30. The minimum absolute atomic E-state index is 0.637. The summed E-state index contributed by atoms with van der Waals surface area (Å²) in [6, 6.07) is 1.82. The first-order valence-electron chi connectivity index (χ1n) is 4.64. The fourth-order valence-electron chi connectivity index (χ4n) is 1.07. The van der Waals surface area contributed by atoms with E-state index in [1.54, 1.807) is 26.2 Å². The molecule has 14 heavy (non-hydrogen) atoms. The zero-order chi connectivity index (χ0) is 10.6. The number of anilines is 2. The first kappa shape index (κ1) is 10.8. The van der Waals surface area contributed by atoms with Gasteiger partial charge in [0, 0.05) is 12.7 Å². The van der Waals surface area contributed by atoms with Gasteiger partial charge in [0.05, 0.1) is 23.2 Å². The van der Waals surface area contributed by atoms with Crippen molar-refractivity contribution in [1.29, 1.82) is 0 Å². The first-order valence-corrected chi connectivity index (χ1v) is 4.64. The number of rotatable bonds is 4. The summed E-state index contributed by atoms with van der Waals surface area (Å²) >= 11 is 0. The van der Waals surface area contributed by atoms with Gasteiger partial charge in [-0.3, -0.25) is 4.98 Å². The number of nitrogens with two attached hydrogens (primary N) is 1. The maximum absolute atomic E-state index is 9.47. The molecule has 0 unspecified atom stereocenters. The molecule has 4 N–H and O–H groups in total. The summed E-state index contributed by atoms with van der Waals surface area (Å²) in [5, 5.41) is 12.6. The Labute approximate surface area is 84.2 Å². The van der Waals surface area contributed by atoms with Crippen LogP contribution < -0.4 is 11.1 Å². The van der Waals surface area contributed by atoms with E-state index >= 15 is 0 Å². The van der Waals surface area contributed by atoms with Crippen LogP contribution in [0, 0.1) is 0 Å². The van der Waals surface area contributed by atoms with Gasteiger partial charge in [-0.05, 0) is 26.3 Å². The monoisotopic (exact) mass is 195 g/mol. The maximum Gasteiger partial charge on any atom is 0.0608 e. The van der Waals surface area contributed by atoms with Gasteiger partial charge in [0.25, 0.3) is 0 Å². The Morgan fingerprint density at radius 3 is 2.79 bits per heavy atom. The van der Waals surface area contributed by atoms with Crippen molar-refractivity contribution in [1.82, 2.24) is 4.98 Å². The minimum atomic E-state index is -0.638. The highest BCUT2D eigenvalue weighted by Crippen LogP contribution is 2.11. The van der Waals surface area contributed by atoms with Gasteiger partial charge in [-0.2, -0.15) is 0 Å². The predicted octanol–water partition coefficient (Wildman–Crippen LogP) is 1.24. The zero-order valence-electron chi connectivity index (χ0n) is 8.62. The topological polar surface area (TPSA) is 71.2 Å². The van der Waals surface area contributed by atoms with Crippen molar-refractivity contribution >= 4 is 11.4 Å². The molecule has 0 aliphatic heterocycles. The quantitative estimate of drug-likeness (QED) is 0.676. The fourth-order valence-corrected chi connectivity index (χ4v) is 1.07. The van der Waals surface area contributed by atoms with E-state index in [1.807, 2.05) is 6.07 Å². The summed E-state index contributed by atoms with van der Waals surface area (Å²) < 4.78 is 0. The lowest BCUT2D eigenvalue weighted by molar-refractivity contribution is 0.0749. The molecule has 1 aromatic heterocycles. The van der Waals surface area contributed by atoms with Gasteiger partial charge in [-0.15, -0.1) is 0 Å². The molecule has 0 aliphatic rings. The van der Waals surface area contributed by atoms with Crippen LogP contribution in [0.3, 0.4) is 0 Å². The van der Waals surface area contributed by atoms with Gasteiger partial charge in [-0.25, -0.2) is 0 Å². The van der Waals surface area contributed by atoms with Crippen LogP contribution in [0.25, 0.3) is 0 Å². The van der Waals surface area contributed by atoms with Crippen molar-refractivity contribution in [3.63, 3.8) is 0 Å². The van der Waals surface area contributed by atoms with Crippen molar-refractivity contribution < 1.29 is 5.11 Å². The summed E-state index contributed by atoms with van der Waals surface area (Å²) in [7, 11) is 0. The van der Waals surface area contributed by atoms with Gasteiger partial charge in [-0.1, -0.05) is 0 Å². The van der Waals surface area contributed by atoms with Crippen molar-refractivity contribution in [3.05, 3.63) is 18.5 Å². The van der Waals surface area contributed by atoms with Gasteiger partial charge in [0.15, 0.2) is 0 Å². The number of nitrogen functional groups attached to an aromatic ring is 1. The van der Waals surface area contributed by atoms with Gasteiger partial charge >= 0.3 is 0 Å². The first-order chi connectivity index (χ1) is 6.47. The van der Waals surface area contributed by atoms with E-state index < -0.39 is 5.60 Å². The highest BCUT2D eigenvalue weighted by atomic mass is 16.3. The summed E-state index contributed by atoms with van der Waals surface area (Å²) in [6.07, 6.45) is 3.99. The Bertz CT molecular complexity index is 294. The molecular weight excluding hydrogens is 178 g/mol. The van der Waals surface area contributed by atoms with Crippen molar-refractivity contribution in [2.75, 3.05) is 17.6 Å². The molecule has 1 rings (SSSR count). The Hall–Kier alpha value is -1.29. The van der Waals surface area contributed by atoms with Crippen LogP contribution in [0.15, 0.2) is 18.5 Å². The van der Waals surface area contributed by atoms with Gasteiger partial charge in [0.1, 0.15) is 0 Å². The summed E-state index contributed by atoms with van der Waals surface area (Å²) in [5.74, 6) is 0. The number of hydrogen-bond donors (Lipinski definition) is 3. The second kappa shape index (κ2) is 4.28. The smallest absolute Gasteiger partial charge is 0.0608 e. The van der Waals surface area contributed by atoms with Crippen LogP contribution in [-0.2, 0) is 0 Å². The largest absolute Gasteiger partial charge is 0.397 e. The summed E-state index contributed by atoms with van der Waals surface area (Å²) in [6.45, 7) is 4.27. The molecule has 0 bridgehead atoms. The van der Waals surface area contributed by atoms with Crippen LogP contribution in [0.2, 0.25) is 0 Å². The molecule has 0 atom stereocenters. The molecule has 0 amide bonds. The fraction of sp³-hybridized carbons (Fsp3) is 0.500. The lowest BCUT2D eigenvalue weighted by Crippen LogP contribution is -2.22. The maximum atomic E-state index is 9.47. The molecule has 0 aliphatic carbocycles. The SMILES string of the molecule is CC(C)(O)CCNc1cncc(N)c1. The number of hydrogen-bond acceptors (Lipinski definition) is 4. The third-order valence-electron chi connectivity index (χ3n) is 1.83. The summed E-state index contributed by atoms with van der Waals surface area (Å²) in [4.78, 5) is 3.95. The van der Waals surface area contributed by atoms with E-state index in [2.05, 4.69) is 10.3 Å². The normalized spacial score (nSPS) is 11.4. The van der Waals surface area contributed by atoms with E-state index in [4.69, 9.17) is 5.73 Å². The number of pyridine rings is 1. The van der Waals surface area contributed by atoms with E-state index in [0.717, 1.165) is 5.69 Å². The molecule has 4 heteroatoms. The van der Waals surface area contributed by atoms with E-state index in [9.17, 15) is 5.11 Å². The molecule has 1 heterocycles. The van der Waals surface area contributed by atoms with Crippen LogP contribution >= 0.6 is 0 Å². The molecule has 0 aromatic carbocycles. The number of aromatic nitrogens is 1. The average Bonchev–Trinajstić information content (AvgIpc) is 2.01. The van der Waals surface area contributed by atoms with Crippen molar-refractivity contribution in [2.24, 2.45) is 0 Å². The summed E-state index contributed by atoms with van der Waals surface area (Å²) in [5.41, 5.74) is 6.45. The lowest BCUT2D eigenvalue weighted by atomic mass is 10.1. The van der Waals surface area contributed by atoms with Gasteiger partial charge in [0.2, 0.25) is 0 Å². The highest BCUT2D eigenvalue weighted by molar-refractivity contribution is 5.51. The molecule has 0 spiro atoms. The molecule has 0 saturated carbocycles. The number of nitrogens with zero attached hydrogens (tertiary/aromatic N) is 1. The van der Waals surface area contributed by atoms with E-state index in [1.165, 1.54) is 0 Å². The lowest BCUT2D eigenvalue weighted by Gasteiger charge is -2.17. The molecule has 0 fully saturated rings. The third kappa shape index (κ3) is 4.09. The van der Waals surface area contributed by atoms with Crippen LogP contribution in [-0.4, -0.2) is 22.2 Å². The predicted molar refractivity (Wildman–Crippen MR) is 58.1 cm³/mol. The number of nitrogens with one attached hydrogen (secondary N) is 1. The molecular formula is C10H17N3O. The Morgan fingerprint density at radius 1 is 1.50 bits per heavy atom. The van der Waals surface area contributed by atoms with Crippen LogP contribution in [0.5, 0.6) is 0 Å². The van der Waals surface area contributed by atoms with Crippen molar-refractivity contribution in [2.45, 2.75) is 25.9 Å². The highest BCUT2D eigenvalue weighted by Gasteiger charge is 2.10. The van der Waals surface area contributed by atoms with Gasteiger partial charge < -0.3 is 16.2 Å². The Balaban J connectivity index is 2.39. The molecule has 0 radical (unpaired) electrons. The van der Waals surface area contributed by atoms with Crippen LogP contribution in [0.4, 0.5) is 11.4 Å². The second-order valence-electron chi connectivity index (χ2n) is 4.00. The number of aliphatic hydroxyl groups is 1. The van der Waals surface area contributed by atoms with E-state index in [0.29, 0.717) is 18.7 Å². The average molecular weight is 195 g/mol. The standard InChI is InChI=1S/C10H17N3O/c1-10(2,14)3-4-13-9-5-8(11)6-12-7-9/h5-7,13-14H,3-4,11H2,1-2H3. The third-order valence-corrected chi connectivity index (χ3v) is 1.83. The molecule has 78 valence electrons. The molecule has 4 nitrogen and oxygen atoms in total. The van der Waals surface area contributed by atoms with Crippen molar-refractivity contribution in [3.8, 4) is 0 Å². The molecule has 1 aromatic rings. The zero-order valence-corrected chi connectivity index (χ0v) is 8.62. The minimum Gasteiger partial charge on any atom is -0.397 e. The Morgan fingerprint density at radius 2 is 2.21 bits per heavy atom. The van der Waals surface area contributed by atoms with E-state index in [-0.39, 0.29) is 0 Å². The van der Waals surface area contributed by atoms with Crippen LogP contribution in [0.1, 0.15) is 20.3 Å².